The molecule has 2 heterocycles. The van der Waals surface area contributed by atoms with Crippen molar-refractivity contribution in [1.29, 1.82) is 0 Å². The van der Waals surface area contributed by atoms with E-state index >= 15 is 0 Å². The molecule has 1 fully saturated rings. The van der Waals surface area contributed by atoms with Crippen LogP contribution in [0.3, 0.4) is 0 Å². The van der Waals surface area contributed by atoms with Gasteiger partial charge < -0.3 is 19.7 Å². The minimum Gasteiger partial charge on any atom is -0.497 e. The third kappa shape index (κ3) is 5.32. The number of halogens is 1. The van der Waals surface area contributed by atoms with Crippen molar-refractivity contribution in [2.24, 2.45) is 10.4 Å². The lowest BCUT2D eigenvalue weighted by Gasteiger charge is -2.36. The van der Waals surface area contributed by atoms with Gasteiger partial charge in [-0.3, -0.25) is 4.99 Å². The predicted octanol–water partition coefficient (Wildman–Crippen LogP) is 5.50. The van der Waals surface area contributed by atoms with Crippen molar-refractivity contribution in [3.63, 3.8) is 0 Å². The molecule has 0 radical (unpaired) electrons. The van der Waals surface area contributed by atoms with Gasteiger partial charge in [0, 0.05) is 10.7 Å². The van der Waals surface area contributed by atoms with Crippen molar-refractivity contribution in [2.75, 3.05) is 12.0 Å². The largest absolute Gasteiger partial charge is 0.497 e. The molecule has 0 saturated carbocycles. The first kappa shape index (κ1) is 25.9. The Balaban J connectivity index is 1.74. The first-order valence-corrected chi connectivity index (χ1v) is 12.4. The molecule has 1 aliphatic rings. The van der Waals surface area contributed by atoms with E-state index in [4.69, 9.17) is 38.3 Å². The van der Waals surface area contributed by atoms with Crippen LogP contribution in [0.5, 0.6) is 11.5 Å². The number of hydrogen-bond acceptors (Lipinski definition) is 6. The fourth-order valence-corrected chi connectivity index (χ4v) is 4.68. The summed E-state index contributed by atoms with van der Waals surface area (Å²) in [7, 11) is 1.65. The smallest absolute Gasteiger partial charge is 0.215 e. The van der Waals surface area contributed by atoms with Crippen LogP contribution in [0.2, 0.25) is 5.02 Å². The van der Waals surface area contributed by atoms with Gasteiger partial charge in [-0.05, 0) is 80.0 Å². The first-order valence-electron chi connectivity index (χ1n) is 11.6. The van der Waals surface area contributed by atoms with E-state index in [-0.39, 0.29) is 11.5 Å². The molecule has 1 aliphatic heterocycles. The van der Waals surface area contributed by atoms with Gasteiger partial charge in [0.15, 0.2) is 5.11 Å². The number of amidine groups is 1. The maximum atomic E-state index is 6.45. The standard InChI is InChI=1S/C26H31ClN6O2S/c1-25(2,3)21(22(32-16-28-15-29-32)35-20-11-7-17(27)8-12-20)30-23-26(4,5)33(24(36)31-23)18-9-13-19(34-6)14-10-18/h7-16,21-22H,1-6H3,(H,30,31,36)/t21-,22+/m0/s1. The highest BCUT2D eigenvalue weighted by molar-refractivity contribution is 7.80. The number of aromatic nitrogens is 3. The van der Waals surface area contributed by atoms with Crippen LogP contribution < -0.4 is 19.7 Å². The van der Waals surface area contributed by atoms with Gasteiger partial charge in [-0.1, -0.05) is 32.4 Å². The van der Waals surface area contributed by atoms with Gasteiger partial charge in [0.2, 0.25) is 6.23 Å². The van der Waals surface area contributed by atoms with Crippen LogP contribution in [0.1, 0.15) is 40.8 Å². The summed E-state index contributed by atoms with van der Waals surface area (Å²) in [6, 6.07) is 14.7. The summed E-state index contributed by atoms with van der Waals surface area (Å²) in [4.78, 5) is 11.5. The fourth-order valence-electron chi connectivity index (χ4n) is 4.12. The van der Waals surface area contributed by atoms with Crippen LogP contribution in [-0.4, -0.2) is 44.4 Å². The van der Waals surface area contributed by atoms with Gasteiger partial charge in [-0.15, -0.1) is 0 Å². The number of ether oxygens (including phenoxy) is 2. The van der Waals surface area contributed by atoms with Crippen LogP contribution in [0.4, 0.5) is 5.69 Å². The van der Waals surface area contributed by atoms with Crippen LogP contribution >= 0.6 is 23.8 Å². The molecule has 8 nitrogen and oxygen atoms in total. The topological polar surface area (TPSA) is 76.8 Å². The molecular formula is C26H31ClN6O2S. The third-order valence-corrected chi connectivity index (χ3v) is 6.63. The Bertz CT molecular complexity index is 1220. The van der Waals surface area contributed by atoms with Crippen LogP contribution in [0.25, 0.3) is 0 Å². The zero-order valence-electron chi connectivity index (χ0n) is 21.3. The molecule has 0 bridgehead atoms. The quantitative estimate of drug-likeness (QED) is 0.407. The van der Waals surface area contributed by atoms with Gasteiger partial charge in [0.05, 0.1) is 12.6 Å². The highest BCUT2D eigenvalue weighted by Gasteiger charge is 2.45. The Kier molecular flexibility index (Phi) is 7.24. The Morgan fingerprint density at radius 3 is 2.25 bits per heavy atom. The molecule has 1 aromatic heterocycles. The summed E-state index contributed by atoms with van der Waals surface area (Å²) in [5.41, 5.74) is 0.103. The van der Waals surface area contributed by atoms with Gasteiger partial charge in [0.1, 0.15) is 36.0 Å². The van der Waals surface area contributed by atoms with Crippen molar-refractivity contribution >= 4 is 40.5 Å². The molecule has 3 aromatic rings. The minimum absolute atomic E-state index is 0.303. The third-order valence-electron chi connectivity index (χ3n) is 6.09. The maximum absolute atomic E-state index is 6.45. The second-order valence-corrected chi connectivity index (χ2v) is 11.0. The summed E-state index contributed by atoms with van der Waals surface area (Å²) < 4.78 is 13.5. The molecule has 10 heteroatoms. The van der Waals surface area contributed by atoms with E-state index in [9.17, 15) is 0 Å². The molecule has 1 N–H and O–H groups in total. The molecule has 1 saturated heterocycles. The van der Waals surface area contributed by atoms with E-state index in [2.05, 4.69) is 54.9 Å². The number of rotatable bonds is 7. The molecule has 0 amide bonds. The summed E-state index contributed by atoms with van der Waals surface area (Å²) >= 11 is 11.8. The normalized spacial score (nSPS) is 18.1. The van der Waals surface area contributed by atoms with Crippen molar-refractivity contribution in [1.82, 2.24) is 20.1 Å². The molecule has 4 rings (SSSR count). The second kappa shape index (κ2) is 10.1. The highest BCUT2D eigenvalue weighted by atomic mass is 35.5. The number of thiocarbonyl (C=S) groups is 1. The van der Waals surface area contributed by atoms with E-state index in [0.29, 0.717) is 15.9 Å². The lowest BCUT2D eigenvalue weighted by Crippen LogP contribution is -2.46. The first-order chi connectivity index (χ1) is 17.0. The SMILES string of the molecule is COc1ccc(N2C(=S)NC(=N[C@@H]([C@@H](Oc3ccc(Cl)cc3)n3cncn3)C(C)(C)C)C2(C)C)cc1. The summed E-state index contributed by atoms with van der Waals surface area (Å²) in [5, 5.41) is 8.95. The van der Waals surface area contributed by atoms with Crippen LogP contribution in [0.15, 0.2) is 66.2 Å². The Morgan fingerprint density at radius 2 is 1.69 bits per heavy atom. The van der Waals surface area contributed by atoms with Crippen molar-refractivity contribution in [3.8, 4) is 11.5 Å². The van der Waals surface area contributed by atoms with Crippen molar-refractivity contribution in [3.05, 3.63) is 66.2 Å². The highest BCUT2D eigenvalue weighted by Crippen LogP contribution is 2.36. The second-order valence-electron chi connectivity index (χ2n) is 10.1. The Labute approximate surface area is 222 Å². The average molecular weight is 527 g/mol. The summed E-state index contributed by atoms with van der Waals surface area (Å²) in [6.45, 7) is 10.5. The molecule has 190 valence electrons. The van der Waals surface area contributed by atoms with Crippen molar-refractivity contribution < 1.29 is 9.47 Å². The van der Waals surface area contributed by atoms with E-state index in [1.54, 1.807) is 30.3 Å². The molecule has 2 atom stereocenters. The zero-order chi connectivity index (χ0) is 26.1. The number of hydrogen-bond donors (Lipinski definition) is 1. The van der Waals surface area contributed by atoms with Crippen molar-refractivity contribution in [2.45, 2.75) is 52.4 Å². The Morgan fingerprint density at radius 1 is 1.06 bits per heavy atom. The number of anilines is 1. The molecule has 0 unspecified atom stereocenters. The monoisotopic (exact) mass is 526 g/mol. The number of methoxy groups -OCH3 is 1. The van der Waals surface area contributed by atoms with Gasteiger partial charge in [-0.25, -0.2) is 9.67 Å². The number of nitrogens with zero attached hydrogens (tertiary/aromatic N) is 5. The summed E-state index contributed by atoms with van der Waals surface area (Å²) in [6.07, 6.45) is 2.56. The van der Waals surface area contributed by atoms with Gasteiger partial charge >= 0.3 is 0 Å². The maximum Gasteiger partial charge on any atom is 0.215 e. The van der Waals surface area contributed by atoms with Gasteiger partial charge in [0.25, 0.3) is 0 Å². The van der Waals surface area contributed by atoms with E-state index < -0.39 is 11.8 Å². The minimum atomic E-state index is -0.567. The zero-order valence-corrected chi connectivity index (χ0v) is 22.8. The van der Waals surface area contributed by atoms with E-state index in [0.717, 1.165) is 17.3 Å². The predicted molar refractivity (Wildman–Crippen MR) is 147 cm³/mol. The Hall–Kier alpha value is -3.17. The number of aliphatic imine (C=N–C) groups is 1. The van der Waals surface area contributed by atoms with Gasteiger partial charge in [-0.2, -0.15) is 5.10 Å². The lowest BCUT2D eigenvalue weighted by molar-refractivity contribution is 0.0470. The molecule has 0 aliphatic carbocycles. The average Bonchev–Trinajstić information content (AvgIpc) is 3.43. The fraction of sp³-hybridized carbons (Fsp3) is 0.385. The van der Waals surface area contributed by atoms with Crippen LogP contribution in [-0.2, 0) is 0 Å². The number of benzene rings is 2. The number of nitrogens with one attached hydrogen (secondary N) is 1. The van der Waals surface area contributed by atoms with E-state index in [1.807, 2.05) is 36.4 Å². The summed E-state index contributed by atoms with van der Waals surface area (Å²) in [5.74, 6) is 2.18. The lowest BCUT2D eigenvalue weighted by atomic mass is 9.85. The van der Waals surface area contributed by atoms with E-state index in [1.165, 1.54) is 6.33 Å². The molecule has 2 aromatic carbocycles. The molecule has 0 spiro atoms. The molecule has 36 heavy (non-hydrogen) atoms. The van der Waals surface area contributed by atoms with Crippen LogP contribution in [0, 0.1) is 5.41 Å². The molecular weight excluding hydrogens is 496 g/mol.